The number of hydrogen-bond donors (Lipinski definition) is 1. The highest BCUT2D eigenvalue weighted by Crippen LogP contribution is 2.27. The summed E-state index contributed by atoms with van der Waals surface area (Å²) in [4.78, 5) is 29.6. The summed E-state index contributed by atoms with van der Waals surface area (Å²) in [6, 6.07) is 26.5. The van der Waals surface area contributed by atoms with E-state index in [0.717, 1.165) is 15.4 Å². The Morgan fingerprint density at radius 1 is 0.867 bits per heavy atom. The number of nitrogens with zero attached hydrogens (tertiary/aromatic N) is 2. The zero-order valence-electron chi connectivity index (χ0n) is 25.5. The summed E-state index contributed by atoms with van der Waals surface area (Å²) >= 11 is 6.04. The molecule has 1 N–H and O–H groups in total. The first-order valence-electron chi connectivity index (χ1n) is 14.6. The zero-order chi connectivity index (χ0) is 32.6. The molecule has 0 aliphatic heterocycles. The Labute approximate surface area is 269 Å². The van der Waals surface area contributed by atoms with E-state index < -0.39 is 34.3 Å². The number of carbonyl (C=O) groups excluding carboxylic acids is 2. The highest BCUT2D eigenvalue weighted by molar-refractivity contribution is 7.92. The molecular weight excluding hydrogens is 613 g/mol. The van der Waals surface area contributed by atoms with Gasteiger partial charge in [0.25, 0.3) is 10.0 Å². The van der Waals surface area contributed by atoms with E-state index in [1.165, 1.54) is 41.3 Å². The van der Waals surface area contributed by atoms with Gasteiger partial charge in [-0.2, -0.15) is 0 Å². The van der Waals surface area contributed by atoms with E-state index in [2.05, 4.69) is 5.32 Å². The van der Waals surface area contributed by atoms with Gasteiger partial charge in [0.2, 0.25) is 11.8 Å². The number of hydrogen-bond acceptors (Lipinski definition) is 4. The molecule has 4 aromatic rings. The van der Waals surface area contributed by atoms with Crippen LogP contribution in [0.15, 0.2) is 108 Å². The lowest BCUT2D eigenvalue weighted by molar-refractivity contribution is -0.140. The second-order valence-electron chi connectivity index (χ2n) is 11.3. The lowest BCUT2D eigenvalue weighted by Crippen LogP contribution is -2.53. The third-order valence-electron chi connectivity index (χ3n) is 7.19. The van der Waals surface area contributed by atoms with Crippen LogP contribution < -0.4 is 9.62 Å². The molecule has 0 saturated heterocycles. The molecule has 236 valence electrons. The highest BCUT2D eigenvalue weighted by atomic mass is 35.5. The van der Waals surface area contributed by atoms with E-state index in [-0.39, 0.29) is 29.7 Å². The van der Waals surface area contributed by atoms with Crippen LogP contribution in [0.25, 0.3) is 0 Å². The van der Waals surface area contributed by atoms with Crippen LogP contribution in [0.1, 0.15) is 30.5 Å². The molecule has 0 aliphatic carbocycles. The molecule has 4 aromatic carbocycles. The predicted octanol–water partition coefficient (Wildman–Crippen LogP) is 6.40. The smallest absolute Gasteiger partial charge is 0.264 e. The molecule has 45 heavy (non-hydrogen) atoms. The van der Waals surface area contributed by atoms with Crippen molar-refractivity contribution in [3.8, 4) is 0 Å². The first kappa shape index (κ1) is 33.7. The molecule has 0 fully saturated rings. The van der Waals surface area contributed by atoms with Crippen molar-refractivity contribution in [1.29, 1.82) is 0 Å². The van der Waals surface area contributed by atoms with E-state index in [4.69, 9.17) is 11.6 Å². The van der Waals surface area contributed by atoms with Crippen molar-refractivity contribution >= 4 is 39.1 Å². The van der Waals surface area contributed by atoms with Crippen molar-refractivity contribution < 1.29 is 22.4 Å². The van der Waals surface area contributed by atoms with Crippen LogP contribution in [0.2, 0.25) is 5.02 Å². The van der Waals surface area contributed by atoms with Gasteiger partial charge in [-0.3, -0.25) is 13.9 Å². The summed E-state index contributed by atoms with van der Waals surface area (Å²) in [5, 5.41) is 3.32. The fraction of sp³-hybridized carbons (Fsp3) is 0.257. The van der Waals surface area contributed by atoms with E-state index in [0.29, 0.717) is 22.8 Å². The van der Waals surface area contributed by atoms with Gasteiger partial charge in [0, 0.05) is 24.5 Å². The van der Waals surface area contributed by atoms with Gasteiger partial charge in [-0.15, -0.1) is 0 Å². The van der Waals surface area contributed by atoms with E-state index in [9.17, 15) is 22.4 Å². The number of rotatable bonds is 13. The predicted molar refractivity (Wildman–Crippen MR) is 176 cm³/mol. The minimum Gasteiger partial charge on any atom is -0.354 e. The molecule has 0 bridgehead atoms. The van der Waals surface area contributed by atoms with Gasteiger partial charge in [-0.05, 0) is 78.1 Å². The van der Waals surface area contributed by atoms with Crippen LogP contribution in [-0.2, 0) is 32.6 Å². The average Bonchev–Trinajstić information content (AvgIpc) is 3.01. The number of anilines is 1. The topological polar surface area (TPSA) is 86.8 Å². The molecule has 1 atom stereocenters. The molecule has 4 rings (SSSR count). The van der Waals surface area contributed by atoms with Gasteiger partial charge in [0.15, 0.2) is 0 Å². The molecule has 2 amide bonds. The maximum atomic E-state index is 14.4. The Balaban J connectivity index is 1.79. The average molecular weight is 650 g/mol. The summed E-state index contributed by atoms with van der Waals surface area (Å²) < 4.78 is 43.0. The van der Waals surface area contributed by atoms with Gasteiger partial charge in [-0.1, -0.05) is 80.0 Å². The van der Waals surface area contributed by atoms with Gasteiger partial charge in [0.1, 0.15) is 18.4 Å². The Bertz CT molecular complexity index is 1700. The minimum absolute atomic E-state index is 0.0400. The number of amides is 2. The number of benzene rings is 4. The first-order valence-corrected chi connectivity index (χ1v) is 16.5. The molecule has 7 nitrogen and oxygen atoms in total. The lowest BCUT2D eigenvalue weighted by atomic mass is 10.0. The van der Waals surface area contributed by atoms with Crippen LogP contribution in [-0.4, -0.2) is 44.3 Å². The molecule has 0 aromatic heterocycles. The highest BCUT2D eigenvalue weighted by Gasteiger charge is 2.34. The zero-order valence-corrected chi connectivity index (χ0v) is 27.1. The second-order valence-corrected chi connectivity index (χ2v) is 13.6. The van der Waals surface area contributed by atoms with Crippen LogP contribution in [0.5, 0.6) is 0 Å². The fourth-order valence-corrected chi connectivity index (χ4v) is 6.34. The van der Waals surface area contributed by atoms with E-state index >= 15 is 0 Å². The molecule has 0 aliphatic rings. The minimum atomic E-state index is -4.24. The third-order valence-corrected chi connectivity index (χ3v) is 9.23. The Hall–Kier alpha value is -4.21. The summed E-state index contributed by atoms with van der Waals surface area (Å²) in [5.74, 6) is -1.24. The van der Waals surface area contributed by atoms with Gasteiger partial charge < -0.3 is 10.2 Å². The molecule has 0 heterocycles. The monoisotopic (exact) mass is 649 g/mol. The maximum Gasteiger partial charge on any atom is 0.264 e. The standard InChI is InChI=1S/C35H37ClFN3O4S/c1-25(2)22-38-35(42)33(21-27-9-5-4-6-10-27)39(23-28-12-16-30(37)17-13-28)34(41)24-40(31-11-7-8-26(3)20-31)45(43,44)32-18-14-29(36)15-19-32/h4-20,25,33H,21-24H2,1-3H3,(H,38,42). The van der Waals surface area contributed by atoms with Crippen molar-refractivity contribution in [3.05, 3.63) is 131 Å². The SMILES string of the molecule is Cc1cccc(N(CC(=O)N(Cc2ccc(F)cc2)C(Cc2ccccc2)C(=O)NCC(C)C)S(=O)(=O)c2ccc(Cl)cc2)c1. The van der Waals surface area contributed by atoms with Crippen molar-refractivity contribution in [1.82, 2.24) is 10.2 Å². The summed E-state index contributed by atoms with van der Waals surface area (Å²) in [6.45, 7) is 5.52. The number of carbonyl (C=O) groups is 2. The summed E-state index contributed by atoms with van der Waals surface area (Å²) in [6.07, 6.45) is 0.187. The van der Waals surface area contributed by atoms with Gasteiger partial charge in [-0.25, -0.2) is 12.8 Å². The number of sulfonamides is 1. The molecular formula is C35H37ClFN3O4S. The molecule has 0 saturated carbocycles. The van der Waals surface area contributed by atoms with Gasteiger partial charge in [0.05, 0.1) is 10.6 Å². The largest absolute Gasteiger partial charge is 0.354 e. The number of nitrogens with one attached hydrogen (secondary N) is 1. The van der Waals surface area contributed by atoms with Crippen molar-refractivity contribution in [2.24, 2.45) is 5.92 Å². The Morgan fingerprint density at radius 2 is 1.53 bits per heavy atom. The van der Waals surface area contributed by atoms with Crippen LogP contribution in [0.4, 0.5) is 10.1 Å². The maximum absolute atomic E-state index is 14.4. The molecule has 0 radical (unpaired) electrons. The third kappa shape index (κ3) is 9.15. The van der Waals surface area contributed by atoms with Crippen LogP contribution in [0.3, 0.4) is 0 Å². The van der Waals surface area contributed by atoms with E-state index in [1.807, 2.05) is 57.2 Å². The first-order chi connectivity index (χ1) is 21.4. The van der Waals surface area contributed by atoms with Crippen molar-refractivity contribution in [3.63, 3.8) is 0 Å². The quantitative estimate of drug-likeness (QED) is 0.182. The van der Waals surface area contributed by atoms with Gasteiger partial charge >= 0.3 is 0 Å². The number of aryl methyl sites for hydroxylation is 1. The lowest BCUT2D eigenvalue weighted by Gasteiger charge is -2.34. The fourth-order valence-electron chi connectivity index (χ4n) is 4.81. The molecule has 0 spiro atoms. The molecule has 1 unspecified atom stereocenters. The number of halogens is 2. The second kappa shape index (κ2) is 15.2. The summed E-state index contributed by atoms with van der Waals surface area (Å²) in [7, 11) is -4.24. The summed E-state index contributed by atoms with van der Waals surface area (Å²) in [5.41, 5.74) is 2.50. The Morgan fingerprint density at radius 3 is 2.16 bits per heavy atom. The normalized spacial score (nSPS) is 12.0. The van der Waals surface area contributed by atoms with Crippen LogP contribution >= 0.6 is 11.6 Å². The van der Waals surface area contributed by atoms with Crippen molar-refractivity contribution in [2.75, 3.05) is 17.4 Å². The van der Waals surface area contributed by atoms with E-state index in [1.54, 1.807) is 30.3 Å². The van der Waals surface area contributed by atoms with Crippen LogP contribution in [0, 0.1) is 18.7 Å². The van der Waals surface area contributed by atoms with Crippen molar-refractivity contribution in [2.45, 2.75) is 44.7 Å². The molecule has 10 heteroatoms. The Kier molecular flexibility index (Phi) is 11.4.